The number of rotatable bonds is 7. The number of hydrogen-bond acceptors (Lipinski definition) is 4. The number of hydrogen-bond donors (Lipinski definition) is 1. The standard InChI is InChI=1S/C13H20ClNO3/c1-4-17-8-18-13-11(14)6-10(5-9(2)15)7-12(13)16-3/h6-7,9H,4-5,8,15H2,1-3H3. The predicted octanol–water partition coefficient (Wildman–Crippen LogP) is 2.61. The Bertz CT molecular complexity index is 383. The minimum atomic E-state index is 0.0703. The van der Waals surface area contributed by atoms with Crippen LogP contribution in [0.25, 0.3) is 0 Å². The van der Waals surface area contributed by atoms with Crippen LogP contribution in [0.5, 0.6) is 11.5 Å². The Balaban J connectivity index is 2.89. The van der Waals surface area contributed by atoms with Gasteiger partial charge in [0.2, 0.25) is 0 Å². The zero-order valence-corrected chi connectivity index (χ0v) is 11.8. The highest BCUT2D eigenvalue weighted by molar-refractivity contribution is 6.32. The smallest absolute Gasteiger partial charge is 0.189 e. The fraction of sp³-hybridized carbons (Fsp3) is 0.538. The number of benzene rings is 1. The van der Waals surface area contributed by atoms with E-state index in [1.54, 1.807) is 7.11 Å². The van der Waals surface area contributed by atoms with Crippen LogP contribution in [0.15, 0.2) is 12.1 Å². The number of nitrogens with two attached hydrogens (primary N) is 1. The van der Waals surface area contributed by atoms with Crippen molar-refractivity contribution in [2.75, 3.05) is 20.5 Å². The second-order valence-electron chi connectivity index (χ2n) is 4.05. The van der Waals surface area contributed by atoms with Gasteiger partial charge in [0, 0.05) is 12.6 Å². The van der Waals surface area contributed by atoms with E-state index in [-0.39, 0.29) is 12.8 Å². The van der Waals surface area contributed by atoms with Gasteiger partial charge in [-0.3, -0.25) is 0 Å². The van der Waals surface area contributed by atoms with E-state index in [0.29, 0.717) is 23.1 Å². The minimum Gasteiger partial charge on any atom is -0.493 e. The molecule has 0 aromatic heterocycles. The molecule has 0 aliphatic rings. The van der Waals surface area contributed by atoms with E-state index in [2.05, 4.69) is 0 Å². The van der Waals surface area contributed by atoms with Crippen molar-refractivity contribution in [2.24, 2.45) is 5.73 Å². The van der Waals surface area contributed by atoms with E-state index in [1.165, 1.54) is 0 Å². The summed E-state index contributed by atoms with van der Waals surface area (Å²) in [5, 5.41) is 0.504. The fourth-order valence-electron chi connectivity index (χ4n) is 1.59. The van der Waals surface area contributed by atoms with Gasteiger partial charge in [0.1, 0.15) is 0 Å². The second kappa shape index (κ2) is 7.46. The SMILES string of the molecule is CCOCOc1c(Cl)cc(CC(C)N)cc1OC. The van der Waals surface area contributed by atoms with E-state index in [1.807, 2.05) is 26.0 Å². The lowest BCUT2D eigenvalue weighted by molar-refractivity contribution is 0.0209. The van der Waals surface area contributed by atoms with Crippen LogP contribution in [0.3, 0.4) is 0 Å². The van der Waals surface area contributed by atoms with Crippen molar-refractivity contribution >= 4 is 11.6 Å². The van der Waals surface area contributed by atoms with Crippen LogP contribution in [-0.2, 0) is 11.2 Å². The highest BCUT2D eigenvalue weighted by atomic mass is 35.5. The zero-order chi connectivity index (χ0) is 13.5. The predicted molar refractivity (Wildman–Crippen MR) is 72.5 cm³/mol. The summed E-state index contributed by atoms with van der Waals surface area (Å²) in [5.41, 5.74) is 6.79. The summed E-state index contributed by atoms with van der Waals surface area (Å²) in [4.78, 5) is 0. The first kappa shape index (κ1) is 15.1. The highest BCUT2D eigenvalue weighted by Crippen LogP contribution is 2.36. The Morgan fingerprint density at radius 1 is 1.39 bits per heavy atom. The molecule has 1 rings (SSSR count). The number of methoxy groups -OCH3 is 1. The van der Waals surface area contributed by atoms with Gasteiger partial charge in [-0.1, -0.05) is 11.6 Å². The molecule has 5 heteroatoms. The molecule has 0 aliphatic carbocycles. The molecule has 0 heterocycles. The summed E-state index contributed by atoms with van der Waals surface area (Å²) < 4.78 is 15.9. The first-order valence-corrected chi connectivity index (χ1v) is 6.28. The lowest BCUT2D eigenvalue weighted by Crippen LogP contribution is -2.17. The molecule has 0 bridgehead atoms. The van der Waals surface area contributed by atoms with Gasteiger partial charge in [-0.15, -0.1) is 0 Å². The molecule has 1 aromatic carbocycles. The van der Waals surface area contributed by atoms with E-state index >= 15 is 0 Å². The van der Waals surface area contributed by atoms with Crippen molar-refractivity contribution in [3.05, 3.63) is 22.7 Å². The van der Waals surface area contributed by atoms with Crippen LogP contribution in [0.4, 0.5) is 0 Å². The van der Waals surface area contributed by atoms with Gasteiger partial charge in [-0.05, 0) is 38.0 Å². The van der Waals surface area contributed by atoms with Gasteiger partial charge in [0.25, 0.3) is 0 Å². The third kappa shape index (κ3) is 4.37. The van der Waals surface area contributed by atoms with Crippen molar-refractivity contribution in [2.45, 2.75) is 26.3 Å². The minimum absolute atomic E-state index is 0.0703. The maximum atomic E-state index is 6.17. The molecule has 1 atom stereocenters. The molecular formula is C13H20ClNO3. The lowest BCUT2D eigenvalue weighted by Gasteiger charge is -2.14. The second-order valence-corrected chi connectivity index (χ2v) is 4.45. The van der Waals surface area contributed by atoms with Crippen molar-refractivity contribution in [1.82, 2.24) is 0 Å². The van der Waals surface area contributed by atoms with E-state index in [4.69, 9.17) is 31.5 Å². The molecule has 0 amide bonds. The molecule has 0 spiro atoms. The lowest BCUT2D eigenvalue weighted by atomic mass is 10.1. The molecular weight excluding hydrogens is 254 g/mol. The van der Waals surface area contributed by atoms with Crippen LogP contribution in [0.2, 0.25) is 5.02 Å². The van der Waals surface area contributed by atoms with Crippen LogP contribution in [0.1, 0.15) is 19.4 Å². The Hall–Kier alpha value is -0.970. The third-order valence-corrected chi connectivity index (χ3v) is 2.62. The van der Waals surface area contributed by atoms with E-state index in [9.17, 15) is 0 Å². The molecule has 1 unspecified atom stereocenters. The topological polar surface area (TPSA) is 53.7 Å². The van der Waals surface area contributed by atoms with Crippen LogP contribution < -0.4 is 15.2 Å². The maximum Gasteiger partial charge on any atom is 0.189 e. The van der Waals surface area contributed by atoms with Crippen LogP contribution in [-0.4, -0.2) is 26.6 Å². The maximum absolute atomic E-state index is 6.17. The van der Waals surface area contributed by atoms with Gasteiger partial charge in [-0.25, -0.2) is 0 Å². The van der Waals surface area contributed by atoms with E-state index in [0.717, 1.165) is 12.0 Å². The van der Waals surface area contributed by atoms with Gasteiger partial charge in [0.05, 0.1) is 12.1 Å². The van der Waals surface area contributed by atoms with Gasteiger partial charge in [0.15, 0.2) is 18.3 Å². The number of halogens is 1. The van der Waals surface area contributed by atoms with Gasteiger partial charge >= 0.3 is 0 Å². The average molecular weight is 274 g/mol. The summed E-state index contributed by atoms with van der Waals surface area (Å²) in [7, 11) is 1.58. The first-order valence-electron chi connectivity index (χ1n) is 5.91. The molecule has 4 nitrogen and oxygen atoms in total. The van der Waals surface area contributed by atoms with Crippen molar-refractivity contribution in [3.8, 4) is 11.5 Å². The van der Waals surface area contributed by atoms with E-state index < -0.39 is 0 Å². The first-order chi connectivity index (χ1) is 8.58. The molecule has 18 heavy (non-hydrogen) atoms. The zero-order valence-electron chi connectivity index (χ0n) is 11.0. The molecule has 1 aromatic rings. The average Bonchev–Trinajstić information content (AvgIpc) is 2.30. The van der Waals surface area contributed by atoms with Crippen LogP contribution >= 0.6 is 11.6 Å². The largest absolute Gasteiger partial charge is 0.493 e. The van der Waals surface area contributed by atoms with Crippen molar-refractivity contribution in [3.63, 3.8) is 0 Å². The normalized spacial score (nSPS) is 12.3. The molecule has 2 N–H and O–H groups in total. The molecule has 0 saturated heterocycles. The van der Waals surface area contributed by atoms with Gasteiger partial charge < -0.3 is 19.9 Å². The number of ether oxygens (including phenoxy) is 3. The summed E-state index contributed by atoms with van der Waals surface area (Å²) in [5.74, 6) is 1.10. The highest BCUT2D eigenvalue weighted by Gasteiger charge is 2.12. The quantitative estimate of drug-likeness (QED) is 0.613. The summed E-state index contributed by atoms with van der Waals surface area (Å²) in [6, 6.07) is 3.80. The molecule has 0 fully saturated rings. The fourth-order valence-corrected chi connectivity index (χ4v) is 1.87. The summed E-state index contributed by atoms with van der Waals surface area (Å²) >= 11 is 6.17. The van der Waals surface area contributed by atoms with Crippen molar-refractivity contribution in [1.29, 1.82) is 0 Å². The Kier molecular flexibility index (Phi) is 6.25. The Labute approximate surface area is 113 Å². The monoisotopic (exact) mass is 273 g/mol. The molecule has 0 aliphatic heterocycles. The Morgan fingerprint density at radius 3 is 2.67 bits per heavy atom. The van der Waals surface area contributed by atoms with Gasteiger partial charge in [-0.2, -0.15) is 0 Å². The summed E-state index contributed by atoms with van der Waals surface area (Å²) in [6.07, 6.45) is 0.738. The van der Waals surface area contributed by atoms with Crippen molar-refractivity contribution < 1.29 is 14.2 Å². The Morgan fingerprint density at radius 2 is 2.11 bits per heavy atom. The third-order valence-electron chi connectivity index (χ3n) is 2.34. The molecule has 102 valence electrons. The van der Waals surface area contributed by atoms with Crippen LogP contribution in [0, 0.1) is 0 Å². The summed E-state index contributed by atoms with van der Waals surface area (Å²) in [6.45, 7) is 4.58. The molecule has 0 radical (unpaired) electrons. The molecule has 0 saturated carbocycles.